The largest absolute Gasteiger partial charge is 0.346 e. The molecule has 1 aromatic rings. The molecule has 13 nitrogen and oxygen atoms in total. The first-order valence-electron chi connectivity index (χ1n) is 19.2. The van der Waals surface area contributed by atoms with Gasteiger partial charge >= 0.3 is 0 Å². The highest BCUT2D eigenvalue weighted by Gasteiger charge is 2.70. The molecule has 0 aromatic carbocycles. The maximum atomic E-state index is 15.0. The van der Waals surface area contributed by atoms with Crippen molar-refractivity contribution in [2.24, 2.45) is 28.6 Å². The predicted molar refractivity (Wildman–Crippen MR) is 194 cm³/mol. The van der Waals surface area contributed by atoms with Crippen LogP contribution in [0, 0.1) is 28.6 Å². The first kappa shape index (κ1) is 39.1. The minimum absolute atomic E-state index is 0.0696. The zero-order chi connectivity index (χ0) is 37.6. The third kappa shape index (κ3) is 8.39. The maximum absolute atomic E-state index is 15.0. The van der Waals surface area contributed by atoms with Gasteiger partial charge in [-0.3, -0.25) is 33.8 Å². The number of piperidine rings is 1. The summed E-state index contributed by atoms with van der Waals surface area (Å²) in [6, 6.07) is -3.72. The lowest BCUT2D eigenvalue weighted by atomic mass is 9.69. The highest BCUT2D eigenvalue weighted by Crippen LogP contribution is 2.65. The van der Waals surface area contributed by atoms with Crippen LogP contribution in [0.5, 0.6) is 0 Å². The quantitative estimate of drug-likeness (QED) is 0.158. The number of carbonyl (C=O) groups excluding carboxylic acids is 6. The first-order chi connectivity index (χ1) is 24.8. The number of carbonyl (C=O) groups is 6. The molecule has 5 rings (SSSR count). The fourth-order valence-electron chi connectivity index (χ4n) is 9.11. The van der Waals surface area contributed by atoms with Gasteiger partial charge in [0.25, 0.3) is 11.8 Å². The summed E-state index contributed by atoms with van der Waals surface area (Å²) in [6.07, 6.45) is 15.3. The molecule has 0 spiro atoms. The lowest BCUT2D eigenvalue weighted by Gasteiger charge is -2.44. The van der Waals surface area contributed by atoms with Crippen LogP contribution in [0.4, 0.5) is 0 Å². The Morgan fingerprint density at radius 2 is 1.65 bits per heavy atom. The van der Waals surface area contributed by atoms with Crippen LogP contribution in [0.1, 0.15) is 115 Å². The summed E-state index contributed by atoms with van der Waals surface area (Å²) in [5.74, 6) is -3.43. The van der Waals surface area contributed by atoms with Gasteiger partial charge in [0, 0.05) is 25.5 Å². The Hall–Kier alpha value is -4.16. The van der Waals surface area contributed by atoms with E-state index in [1.165, 1.54) is 24.7 Å². The van der Waals surface area contributed by atoms with Gasteiger partial charge < -0.3 is 26.2 Å². The molecule has 284 valence electrons. The second-order valence-corrected chi connectivity index (χ2v) is 16.2. The molecule has 5 amide bonds. The van der Waals surface area contributed by atoms with Crippen molar-refractivity contribution in [1.29, 1.82) is 0 Å². The van der Waals surface area contributed by atoms with Crippen molar-refractivity contribution < 1.29 is 28.8 Å². The zero-order valence-electron chi connectivity index (χ0n) is 31.2. The Morgan fingerprint density at radius 1 is 0.962 bits per heavy atom. The van der Waals surface area contributed by atoms with Gasteiger partial charge in [-0.15, -0.1) is 6.58 Å². The van der Waals surface area contributed by atoms with Crippen molar-refractivity contribution in [2.75, 3.05) is 13.1 Å². The number of nitrogens with one attached hydrogen (secondary N) is 4. The van der Waals surface area contributed by atoms with E-state index >= 15 is 0 Å². The molecule has 1 aromatic heterocycles. The highest BCUT2D eigenvalue weighted by molar-refractivity contribution is 6.38. The van der Waals surface area contributed by atoms with Crippen molar-refractivity contribution >= 4 is 35.3 Å². The third-order valence-corrected chi connectivity index (χ3v) is 12.3. The fourth-order valence-corrected chi connectivity index (χ4v) is 9.11. The monoisotopic (exact) mass is 719 g/mol. The van der Waals surface area contributed by atoms with Gasteiger partial charge in [0.2, 0.25) is 23.5 Å². The molecule has 4 aliphatic rings. The molecular weight excluding hydrogens is 662 g/mol. The van der Waals surface area contributed by atoms with Gasteiger partial charge in [0.05, 0.1) is 12.2 Å². The van der Waals surface area contributed by atoms with E-state index in [4.69, 9.17) is 0 Å². The van der Waals surface area contributed by atoms with Crippen molar-refractivity contribution in [2.45, 2.75) is 129 Å². The molecule has 1 unspecified atom stereocenters. The number of Topliss-reactive ketones (excluding diaryl/α,β-unsaturated/α-hetero) is 1. The van der Waals surface area contributed by atoms with Crippen LogP contribution in [-0.4, -0.2) is 87.4 Å². The first-order valence-corrected chi connectivity index (χ1v) is 19.2. The van der Waals surface area contributed by atoms with E-state index in [1.54, 1.807) is 4.90 Å². The molecule has 1 saturated heterocycles. The Labute approximate surface area is 307 Å². The van der Waals surface area contributed by atoms with E-state index in [0.717, 1.165) is 64.2 Å². The molecule has 4 fully saturated rings. The number of aromatic nitrogens is 2. The minimum Gasteiger partial charge on any atom is -0.346 e. The fraction of sp³-hybridized carbons (Fsp3) is 0.692. The van der Waals surface area contributed by atoms with E-state index < -0.39 is 59.0 Å². The molecule has 1 aliphatic heterocycles. The van der Waals surface area contributed by atoms with Crippen molar-refractivity contribution in [3.05, 3.63) is 36.9 Å². The number of rotatable bonds is 15. The second-order valence-electron chi connectivity index (χ2n) is 16.2. The number of fused-ring (bicyclic) bond motifs is 1. The van der Waals surface area contributed by atoms with Gasteiger partial charge in [-0.2, -0.15) is 0 Å². The summed E-state index contributed by atoms with van der Waals surface area (Å²) in [4.78, 5) is 92.5. The summed E-state index contributed by atoms with van der Waals surface area (Å²) >= 11 is 0. The lowest BCUT2D eigenvalue weighted by molar-refractivity contribution is -0.148. The summed E-state index contributed by atoms with van der Waals surface area (Å²) in [7, 11) is 0. The van der Waals surface area contributed by atoms with Gasteiger partial charge in [0.1, 0.15) is 23.8 Å². The summed E-state index contributed by atoms with van der Waals surface area (Å²) in [6.45, 7) is 12.1. The molecule has 3 aliphatic carbocycles. The molecule has 0 radical (unpaired) electrons. The number of amides is 5. The number of likely N-dealkylation sites (tertiary alicyclic amines) is 1. The number of ketones is 1. The molecule has 2 heterocycles. The number of hydrogen-bond acceptors (Lipinski definition) is 8. The maximum Gasteiger partial charge on any atom is 0.289 e. The number of hydrogen-bond donors (Lipinski definition) is 4. The Bertz CT molecular complexity index is 1500. The van der Waals surface area contributed by atoms with Crippen molar-refractivity contribution in [3.8, 4) is 0 Å². The van der Waals surface area contributed by atoms with Crippen LogP contribution in [0.15, 0.2) is 31.2 Å². The Balaban J connectivity index is 1.42. The standard InChI is InChI=1S/C39H57N7O6/c1-6-14-26(31(47)36(51)42-19-7-2)43-35(50)30-28-25(38(28,3)4)23-46(30)37(52)32(39(5)17-12-9-13-18-39)45-34(49)29(24-15-10-8-11-16-24)44-33(48)27-22-40-20-21-41-27/h7,20-22,24-26,28-30,32H,2,6,8-19,23H2,1,3-5H3,(H,42,51)(H,43,50)(H,44,48)(H,45,49)/t25-,26?,28-,29-,30-,32+/m0/s1. The summed E-state index contributed by atoms with van der Waals surface area (Å²) < 4.78 is 0. The topological polar surface area (TPSA) is 180 Å². The van der Waals surface area contributed by atoms with Gasteiger partial charge in [-0.25, -0.2) is 4.98 Å². The van der Waals surface area contributed by atoms with Crippen LogP contribution < -0.4 is 21.3 Å². The molecule has 0 bridgehead atoms. The summed E-state index contributed by atoms with van der Waals surface area (Å²) in [5, 5.41) is 11.4. The smallest absolute Gasteiger partial charge is 0.289 e. The van der Waals surface area contributed by atoms with Crippen LogP contribution in [0.2, 0.25) is 0 Å². The average Bonchev–Trinajstić information content (AvgIpc) is 3.44. The van der Waals surface area contributed by atoms with Crippen molar-refractivity contribution in [3.63, 3.8) is 0 Å². The minimum atomic E-state index is -1.04. The van der Waals surface area contributed by atoms with Crippen LogP contribution in [0.25, 0.3) is 0 Å². The van der Waals surface area contributed by atoms with Gasteiger partial charge in [-0.05, 0) is 60.7 Å². The predicted octanol–water partition coefficient (Wildman–Crippen LogP) is 3.25. The van der Waals surface area contributed by atoms with Crippen molar-refractivity contribution in [1.82, 2.24) is 36.1 Å². The van der Waals surface area contributed by atoms with Gasteiger partial charge in [-0.1, -0.05) is 78.7 Å². The zero-order valence-corrected chi connectivity index (χ0v) is 31.2. The van der Waals surface area contributed by atoms with Crippen LogP contribution in [-0.2, 0) is 24.0 Å². The van der Waals surface area contributed by atoms with E-state index in [1.807, 2.05) is 13.8 Å². The molecule has 4 N–H and O–H groups in total. The third-order valence-electron chi connectivity index (χ3n) is 12.3. The number of nitrogens with zero attached hydrogens (tertiary/aromatic N) is 3. The lowest BCUT2D eigenvalue weighted by Crippen LogP contribution is -2.63. The molecule has 52 heavy (non-hydrogen) atoms. The Kier molecular flexibility index (Phi) is 12.5. The summed E-state index contributed by atoms with van der Waals surface area (Å²) in [5.41, 5.74) is -0.674. The molecular formula is C39H57N7O6. The second kappa shape index (κ2) is 16.7. The van der Waals surface area contributed by atoms with Crippen LogP contribution in [0.3, 0.4) is 0 Å². The van der Waals surface area contributed by atoms with Crippen LogP contribution >= 0.6 is 0 Å². The van der Waals surface area contributed by atoms with E-state index in [0.29, 0.717) is 13.0 Å². The van der Waals surface area contributed by atoms with E-state index in [2.05, 4.69) is 51.7 Å². The highest BCUT2D eigenvalue weighted by atomic mass is 16.2. The molecule has 3 saturated carbocycles. The average molecular weight is 720 g/mol. The normalized spacial score (nSPS) is 25.0. The van der Waals surface area contributed by atoms with E-state index in [-0.39, 0.29) is 47.7 Å². The molecule has 13 heteroatoms. The SMILES string of the molecule is C=CCNC(=O)C(=O)C(CCC)NC(=O)[C@@H]1[C@@H]2[C@H](CN1C(=O)[C@@H](NC(=O)[C@@H](NC(=O)c1cnccn1)C1CCCCC1)C1(C)CCCCC1)C2(C)C. The Morgan fingerprint density at radius 3 is 2.29 bits per heavy atom. The molecule has 6 atom stereocenters. The van der Waals surface area contributed by atoms with Gasteiger partial charge in [0.15, 0.2) is 0 Å². The van der Waals surface area contributed by atoms with E-state index in [9.17, 15) is 28.8 Å².